The van der Waals surface area contributed by atoms with E-state index in [9.17, 15) is 8.42 Å². The topological polar surface area (TPSA) is 37.4 Å². The predicted molar refractivity (Wildman–Crippen MR) is 90.4 cm³/mol. The molecule has 0 radical (unpaired) electrons. The van der Waals surface area contributed by atoms with Crippen LogP contribution in [0.25, 0.3) is 12.2 Å². The Bertz CT molecular complexity index is 857. The summed E-state index contributed by atoms with van der Waals surface area (Å²) in [5.74, 6) is 0. The molecule has 0 unspecified atom stereocenters. The molecule has 3 rings (SSSR count). The maximum absolute atomic E-state index is 12.3. The Morgan fingerprint density at radius 3 is 2.27 bits per heavy atom. The summed E-state index contributed by atoms with van der Waals surface area (Å²) in [5, 5.41) is -0.376. The summed E-state index contributed by atoms with van der Waals surface area (Å²) in [5.41, 5.74) is 3.79. The molecule has 1 atom stereocenters. The summed E-state index contributed by atoms with van der Waals surface area (Å²) < 4.78 is 25.8. The fourth-order valence-corrected chi connectivity index (χ4v) is 3.86. The minimum atomic E-state index is -3.47. The average molecular weight is 334 g/mol. The zero-order valence-electron chi connectivity index (χ0n) is 12.3. The molecule has 0 heterocycles. The van der Waals surface area contributed by atoms with Gasteiger partial charge < -0.3 is 0 Å². The summed E-state index contributed by atoms with van der Waals surface area (Å²) in [7, 11) is -0.428. The molecule has 0 bridgehead atoms. The Hall–Kier alpha value is -1.62. The molecule has 0 aromatic heterocycles. The first-order chi connectivity index (χ1) is 10.4. The fourth-order valence-electron chi connectivity index (χ4n) is 2.54. The molecule has 3 nitrogen and oxygen atoms in total. The zero-order chi connectivity index (χ0) is 15.9. The normalized spacial score (nSPS) is 17.0. The Kier molecular flexibility index (Phi) is 3.85. The van der Waals surface area contributed by atoms with Crippen LogP contribution >= 0.6 is 11.6 Å². The van der Waals surface area contributed by atoms with Gasteiger partial charge in [0.25, 0.3) is 0 Å². The maximum Gasteiger partial charge on any atom is 0.242 e. The molecule has 1 aliphatic carbocycles. The van der Waals surface area contributed by atoms with E-state index in [1.165, 1.54) is 18.4 Å². The number of nitrogens with zero attached hydrogens (tertiary/aromatic N) is 1. The number of alkyl halides is 1. The van der Waals surface area contributed by atoms with Crippen LogP contribution in [0.5, 0.6) is 0 Å². The maximum atomic E-state index is 12.3. The lowest BCUT2D eigenvalue weighted by Crippen LogP contribution is -2.22. The number of rotatable bonds is 2. The third kappa shape index (κ3) is 2.47. The standard InChI is InChI=1S/C17H16ClNO2S/c1-19(2)22(20,21)14-10-9-13-8-7-12-5-3-4-6-15(12)17(18)16(13)11-14/h3-11,17H,1-2H3/t17-/m1/s1. The van der Waals surface area contributed by atoms with Crippen molar-refractivity contribution in [3.63, 3.8) is 0 Å². The Morgan fingerprint density at radius 2 is 1.59 bits per heavy atom. The number of halogens is 1. The summed E-state index contributed by atoms with van der Waals surface area (Å²) in [4.78, 5) is 0.259. The summed E-state index contributed by atoms with van der Waals surface area (Å²) >= 11 is 6.64. The van der Waals surface area contributed by atoms with Gasteiger partial charge in [0.2, 0.25) is 10.0 Å². The molecule has 0 aliphatic heterocycles. The molecular weight excluding hydrogens is 318 g/mol. The van der Waals surface area contributed by atoms with Gasteiger partial charge in [0.1, 0.15) is 0 Å². The Labute approximate surface area is 135 Å². The fraction of sp³-hybridized carbons (Fsp3) is 0.176. The highest BCUT2D eigenvalue weighted by molar-refractivity contribution is 7.89. The molecule has 114 valence electrons. The molecule has 2 aromatic carbocycles. The first-order valence-corrected chi connectivity index (χ1v) is 8.76. The molecule has 0 amide bonds. The smallest absolute Gasteiger partial charge is 0.207 e. The van der Waals surface area contributed by atoms with Crippen molar-refractivity contribution in [1.29, 1.82) is 0 Å². The van der Waals surface area contributed by atoms with E-state index in [1.54, 1.807) is 12.1 Å². The SMILES string of the molecule is CN(C)S(=O)(=O)c1ccc2c(c1)[C@H](Cl)c1ccccc1C=C2. The van der Waals surface area contributed by atoms with Crippen molar-refractivity contribution in [2.24, 2.45) is 0 Å². The number of sulfonamides is 1. The van der Waals surface area contributed by atoms with Crippen LogP contribution in [0.3, 0.4) is 0 Å². The summed E-state index contributed by atoms with van der Waals surface area (Å²) in [6, 6.07) is 13.0. The van der Waals surface area contributed by atoms with E-state index < -0.39 is 10.0 Å². The molecule has 2 aromatic rings. The van der Waals surface area contributed by atoms with Gasteiger partial charge in [-0.15, -0.1) is 11.6 Å². The van der Waals surface area contributed by atoms with Crippen molar-refractivity contribution >= 4 is 33.8 Å². The van der Waals surface area contributed by atoms with Gasteiger partial charge in [0.15, 0.2) is 0 Å². The van der Waals surface area contributed by atoms with Gasteiger partial charge in [-0.2, -0.15) is 0 Å². The van der Waals surface area contributed by atoms with E-state index in [-0.39, 0.29) is 10.3 Å². The third-order valence-corrected chi connectivity index (χ3v) is 6.10. The van der Waals surface area contributed by atoms with Crippen LogP contribution in [0.4, 0.5) is 0 Å². The minimum absolute atomic E-state index is 0.259. The van der Waals surface area contributed by atoms with E-state index >= 15 is 0 Å². The minimum Gasteiger partial charge on any atom is -0.207 e. The summed E-state index contributed by atoms with van der Waals surface area (Å²) in [6.45, 7) is 0. The van der Waals surface area contributed by atoms with Crippen LogP contribution in [0, 0.1) is 0 Å². The third-order valence-electron chi connectivity index (χ3n) is 3.82. The molecule has 5 heteroatoms. The van der Waals surface area contributed by atoms with Crippen LogP contribution in [0.2, 0.25) is 0 Å². The van der Waals surface area contributed by atoms with Crippen LogP contribution in [0.1, 0.15) is 27.6 Å². The van der Waals surface area contributed by atoms with Gasteiger partial charge >= 0.3 is 0 Å². The van der Waals surface area contributed by atoms with Gasteiger partial charge in [0, 0.05) is 14.1 Å². The highest BCUT2D eigenvalue weighted by atomic mass is 35.5. The van der Waals surface area contributed by atoms with Crippen molar-refractivity contribution in [3.8, 4) is 0 Å². The van der Waals surface area contributed by atoms with Crippen LogP contribution in [-0.2, 0) is 10.0 Å². The second-order valence-electron chi connectivity index (χ2n) is 5.40. The lowest BCUT2D eigenvalue weighted by molar-refractivity contribution is 0.520. The quantitative estimate of drug-likeness (QED) is 0.785. The molecule has 0 saturated heterocycles. The molecule has 0 fully saturated rings. The zero-order valence-corrected chi connectivity index (χ0v) is 13.9. The first kappa shape index (κ1) is 15.3. The molecule has 0 N–H and O–H groups in total. The number of fused-ring (bicyclic) bond motifs is 2. The van der Waals surface area contributed by atoms with Crippen molar-refractivity contribution in [3.05, 3.63) is 64.7 Å². The van der Waals surface area contributed by atoms with E-state index in [0.29, 0.717) is 0 Å². The van der Waals surface area contributed by atoms with Crippen LogP contribution in [-0.4, -0.2) is 26.8 Å². The number of hydrogen-bond acceptors (Lipinski definition) is 2. The lowest BCUT2D eigenvalue weighted by atomic mass is 9.99. The van der Waals surface area contributed by atoms with Gasteiger partial charge in [-0.3, -0.25) is 0 Å². The molecular formula is C17H16ClNO2S. The highest BCUT2D eigenvalue weighted by Gasteiger charge is 2.23. The van der Waals surface area contributed by atoms with Crippen LogP contribution in [0.15, 0.2) is 47.4 Å². The average Bonchev–Trinajstić information content (AvgIpc) is 2.65. The second-order valence-corrected chi connectivity index (χ2v) is 7.99. The molecule has 22 heavy (non-hydrogen) atoms. The van der Waals surface area contributed by atoms with Gasteiger partial charge in [-0.1, -0.05) is 42.5 Å². The van der Waals surface area contributed by atoms with Gasteiger partial charge in [0.05, 0.1) is 10.3 Å². The van der Waals surface area contributed by atoms with Crippen molar-refractivity contribution < 1.29 is 8.42 Å². The van der Waals surface area contributed by atoms with E-state index in [4.69, 9.17) is 11.6 Å². The van der Waals surface area contributed by atoms with Gasteiger partial charge in [-0.05, 0) is 34.4 Å². The Morgan fingerprint density at radius 1 is 0.955 bits per heavy atom. The monoisotopic (exact) mass is 333 g/mol. The van der Waals surface area contributed by atoms with Crippen LogP contribution < -0.4 is 0 Å². The van der Waals surface area contributed by atoms with E-state index in [0.717, 1.165) is 22.3 Å². The van der Waals surface area contributed by atoms with Crippen molar-refractivity contribution in [1.82, 2.24) is 4.31 Å². The largest absolute Gasteiger partial charge is 0.242 e. The molecule has 0 spiro atoms. The van der Waals surface area contributed by atoms with E-state index in [2.05, 4.69) is 0 Å². The molecule has 0 saturated carbocycles. The lowest BCUT2D eigenvalue weighted by Gasteiger charge is -2.16. The van der Waals surface area contributed by atoms with Crippen molar-refractivity contribution in [2.75, 3.05) is 14.1 Å². The Balaban J connectivity index is 2.19. The number of hydrogen-bond donors (Lipinski definition) is 0. The second kappa shape index (κ2) is 5.54. The van der Waals surface area contributed by atoms with Gasteiger partial charge in [-0.25, -0.2) is 12.7 Å². The van der Waals surface area contributed by atoms with E-state index in [1.807, 2.05) is 42.5 Å². The molecule has 1 aliphatic rings. The highest BCUT2D eigenvalue weighted by Crippen LogP contribution is 2.38. The number of benzene rings is 2. The predicted octanol–water partition coefficient (Wildman–Crippen LogP) is 3.75. The summed E-state index contributed by atoms with van der Waals surface area (Å²) in [6.07, 6.45) is 3.99. The van der Waals surface area contributed by atoms with Crippen molar-refractivity contribution in [2.45, 2.75) is 10.3 Å². The first-order valence-electron chi connectivity index (χ1n) is 6.89.